The van der Waals surface area contributed by atoms with Gasteiger partial charge in [-0.3, -0.25) is 14.6 Å². The standard InChI is InChI=1S/C21H26N4O2.2ClH/c1-15-12-18(9-11-23-15)24-21(27)19(13-16-6-3-2-4-7-16)25-20(26)17-8-5-10-22-14-17;;/h2-8,10,14-15,18-19,23H,9,11-13H2,1H3,(H,24,27)(H,25,26);2*1H. The van der Waals surface area contributed by atoms with E-state index in [1.54, 1.807) is 18.3 Å². The number of benzene rings is 1. The summed E-state index contributed by atoms with van der Waals surface area (Å²) in [5.41, 5.74) is 1.45. The van der Waals surface area contributed by atoms with Crippen LogP contribution >= 0.6 is 24.8 Å². The average Bonchev–Trinajstić information content (AvgIpc) is 2.69. The number of piperidine rings is 1. The van der Waals surface area contributed by atoms with E-state index >= 15 is 0 Å². The molecule has 6 nitrogen and oxygen atoms in total. The van der Waals surface area contributed by atoms with Crippen molar-refractivity contribution in [2.45, 2.75) is 44.3 Å². The first kappa shape index (κ1) is 24.9. The molecule has 3 unspecified atom stereocenters. The lowest BCUT2D eigenvalue weighted by molar-refractivity contribution is -0.123. The van der Waals surface area contributed by atoms with Crippen LogP contribution in [0.4, 0.5) is 0 Å². The highest BCUT2D eigenvalue weighted by Gasteiger charge is 2.26. The van der Waals surface area contributed by atoms with Gasteiger partial charge in [-0.1, -0.05) is 30.3 Å². The maximum absolute atomic E-state index is 12.9. The fraction of sp³-hybridized carbons (Fsp3) is 0.381. The predicted molar refractivity (Wildman–Crippen MR) is 119 cm³/mol. The third kappa shape index (κ3) is 7.65. The molecule has 1 aromatic carbocycles. The van der Waals surface area contributed by atoms with Crippen LogP contribution in [0, 0.1) is 0 Å². The minimum Gasteiger partial charge on any atom is -0.351 e. The van der Waals surface area contributed by atoms with E-state index in [0.717, 1.165) is 24.9 Å². The fourth-order valence-corrected chi connectivity index (χ4v) is 3.36. The lowest BCUT2D eigenvalue weighted by atomic mass is 9.99. The van der Waals surface area contributed by atoms with E-state index < -0.39 is 6.04 Å². The molecule has 2 aromatic rings. The van der Waals surface area contributed by atoms with Crippen LogP contribution in [0.1, 0.15) is 35.7 Å². The Morgan fingerprint density at radius 2 is 1.93 bits per heavy atom. The largest absolute Gasteiger partial charge is 0.351 e. The van der Waals surface area contributed by atoms with E-state index in [-0.39, 0.29) is 42.7 Å². The summed E-state index contributed by atoms with van der Waals surface area (Å²) >= 11 is 0. The molecule has 2 heterocycles. The maximum atomic E-state index is 12.9. The van der Waals surface area contributed by atoms with Gasteiger partial charge in [-0.2, -0.15) is 0 Å². The molecule has 1 aliphatic rings. The van der Waals surface area contributed by atoms with Gasteiger partial charge in [-0.05, 0) is 44.0 Å². The quantitative estimate of drug-likeness (QED) is 0.646. The van der Waals surface area contributed by atoms with Crippen molar-refractivity contribution in [1.29, 1.82) is 0 Å². The minimum absolute atomic E-state index is 0. The van der Waals surface area contributed by atoms with Crippen molar-refractivity contribution in [2.24, 2.45) is 0 Å². The summed E-state index contributed by atoms with van der Waals surface area (Å²) in [6, 6.07) is 13.0. The van der Waals surface area contributed by atoms with E-state index in [1.807, 2.05) is 30.3 Å². The summed E-state index contributed by atoms with van der Waals surface area (Å²) in [6.07, 6.45) is 5.34. The second kappa shape index (κ2) is 12.4. The molecule has 3 rings (SSSR count). The molecule has 8 heteroatoms. The van der Waals surface area contributed by atoms with Crippen LogP contribution in [0.25, 0.3) is 0 Å². The summed E-state index contributed by atoms with van der Waals surface area (Å²) < 4.78 is 0. The Balaban J connectivity index is 0.00000210. The van der Waals surface area contributed by atoms with Gasteiger partial charge in [-0.15, -0.1) is 24.8 Å². The first-order chi connectivity index (χ1) is 13.1. The smallest absolute Gasteiger partial charge is 0.253 e. The molecule has 29 heavy (non-hydrogen) atoms. The van der Waals surface area contributed by atoms with E-state index in [1.165, 1.54) is 6.20 Å². The number of halogens is 2. The predicted octanol–water partition coefficient (Wildman–Crippen LogP) is 2.52. The zero-order chi connectivity index (χ0) is 19.1. The lowest BCUT2D eigenvalue weighted by Crippen LogP contribution is -2.53. The van der Waals surface area contributed by atoms with Gasteiger partial charge < -0.3 is 16.0 Å². The number of nitrogens with zero attached hydrogens (tertiary/aromatic N) is 1. The fourth-order valence-electron chi connectivity index (χ4n) is 3.36. The van der Waals surface area contributed by atoms with E-state index in [0.29, 0.717) is 18.0 Å². The van der Waals surface area contributed by atoms with Crippen LogP contribution in [-0.4, -0.2) is 41.5 Å². The Morgan fingerprint density at radius 3 is 2.59 bits per heavy atom. The molecular weight excluding hydrogens is 411 g/mol. The van der Waals surface area contributed by atoms with Crippen LogP contribution in [0.3, 0.4) is 0 Å². The zero-order valence-corrected chi connectivity index (χ0v) is 18.0. The number of carbonyl (C=O) groups is 2. The minimum atomic E-state index is -0.634. The lowest BCUT2D eigenvalue weighted by Gasteiger charge is -2.30. The van der Waals surface area contributed by atoms with Crippen molar-refractivity contribution in [2.75, 3.05) is 6.54 Å². The number of pyridine rings is 1. The summed E-state index contributed by atoms with van der Waals surface area (Å²) in [5.74, 6) is -0.437. The zero-order valence-electron chi connectivity index (χ0n) is 16.3. The van der Waals surface area contributed by atoms with Gasteiger partial charge in [0.05, 0.1) is 5.56 Å². The van der Waals surface area contributed by atoms with Crippen LogP contribution < -0.4 is 16.0 Å². The molecule has 1 aliphatic heterocycles. The van der Waals surface area contributed by atoms with Crippen molar-refractivity contribution >= 4 is 36.6 Å². The Bertz CT molecular complexity index is 762. The highest BCUT2D eigenvalue weighted by molar-refractivity contribution is 5.97. The molecule has 3 N–H and O–H groups in total. The van der Waals surface area contributed by atoms with Gasteiger partial charge in [0, 0.05) is 30.9 Å². The molecule has 158 valence electrons. The molecule has 0 spiro atoms. The van der Waals surface area contributed by atoms with Gasteiger partial charge in [-0.25, -0.2) is 0 Å². The van der Waals surface area contributed by atoms with Crippen molar-refractivity contribution < 1.29 is 9.59 Å². The SMILES string of the molecule is CC1CC(NC(=O)C(Cc2ccccc2)NC(=O)c2cccnc2)CCN1.Cl.Cl. The second-order valence-electron chi connectivity index (χ2n) is 7.04. The van der Waals surface area contributed by atoms with Crippen LogP contribution in [0.2, 0.25) is 0 Å². The number of rotatable bonds is 6. The molecule has 0 saturated carbocycles. The summed E-state index contributed by atoms with van der Waals surface area (Å²) in [7, 11) is 0. The summed E-state index contributed by atoms with van der Waals surface area (Å²) in [5, 5.41) is 9.37. The molecule has 3 atom stereocenters. The van der Waals surface area contributed by atoms with Gasteiger partial charge in [0.25, 0.3) is 5.91 Å². The average molecular weight is 439 g/mol. The number of aromatic nitrogens is 1. The topological polar surface area (TPSA) is 83.1 Å². The Kier molecular flexibility index (Phi) is 10.7. The normalized spacial score (nSPS) is 19.1. The van der Waals surface area contributed by atoms with Crippen LogP contribution in [0.5, 0.6) is 0 Å². The molecule has 0 radical (unpaired) electrons. The highest BCUT2D eigenvalue weighted by Crippen LogP contribution is 2.10. The van der Waals surface area contributed by atoms with Crippen molar-refractivity contribution in [3.05, 3.63) is 66.0 Å². The first-order valence-corrected chi connectivity index (χ1v) is 9.40. The van der Waals surface area contributed by atoms with Crippen molar-refractivity contribution in [3.63, 3.8) is 0 Å². The molecule has 0 bridgehead atoms. The second-order valence-corrected chi connectivity index (χ2v) is 7.04. The highest BCUT2D eigenvalue weighted by atomic mass is 35.5. The number of amides is 2. The molecule has 1 saturated heterocycles. The molecule has 2 amide bonds. The number of carbonyl (C=O) groups excluding carboxylic acids is 2. The Morgan fingerprint density at radius 1 is 1.17 bits per heavy atom. The van der Waals surface area contributed by atoms with Gasteiger partial charge in [0.2, 0.25) is 5.91 Å². The van der Waals surface area contributed by atoms with E-state index in [2.05, 4.69) is 27.9 Å². The van der Waals surface area contributed by atoms with Crippen LogP contribution in [-0.2, 0) is 11.2 Å². The summed E-state index contributed by atoms with van der Waals surface area (Å²) in [6.45, 7) is 3.00. The van der Waals surface area contributed by atoms with E-state index in [9.17, 15) is 9.59 Å². The molecule has 1 aromatic heterocycles. The molecular formula is C21H28Cl2N4O2. The van der Waals surface area contributed by atoms with Gasteiger partial charge in [0.1, 0.15) is 6.04 Å². The number of hydrogen-bond donors (Lipinski definition) is 3. The monoisotopic (exact) mass is 438 g/mol. The summed E-state index contributed by atoms with van der Waals surface area (Å²) in [4.78, 5) is 29.5. The van der Waals surface area contributed by atoms with Crippen LogP contribution in [0.15, 0.2) is 54.9 Å². The maximum Gasteiger partial charge on any atom is 0.253 e. The third-order valence-corrected chi connectivity index (χ3v) is 4.80. The van der Waals surface area contributed by atoms with Gasteiger partial charge >= 0.3 is 0 Å². The van der Waals surface area contributed by atoms with Crippen molar-refractivity contribution in [1.82, 2.24) is 20.9 Å². The first-order valence-electron chi connectivity index (χ1n) is 9.40. The van der Waals surface area contributed by atoms with Gasteiger partial charge in [0.15, 0.2) is 0 Å². The molecule has 1 fully saturated rings. The number of hydrogen-bond acceptors (Lipinski definition) is 4. The Hall–Kier alpha value is -2.15. The van der Waals surface area contributed by atoms with Crippen molar-refractivity contribution in [3.8, 4) is 0 Å². The number of nitrogens with one attached hydrogen (secondary N) is 3. The van der Waals surface area contributed by atoms with E-state index in [4.69, 9.17) is 0 Å². The Labute approximate surface area is 184 Å². The third-order valence-electron chi connectivity index (χ3n) is 4.80. The molecule has 0 aliphatic carbocycles.